The van der Waals surface area contributed by atoms with Crippen molar-refractivity contribution >= 4 is 5.91 Å². The molecule has 0 bridgehead atoms. The van der Waals surface area contributed by atoms with E-state index in [1.54, 1.807) is 0 Å². The Kier molecular flexibility index (Phi) is 4.42. The number of piperidine rings is 1. The smallest absolute Gasteiger partial charge is 0.291 e. The molecule has 1 unspecified atom stereocenters. The molecule has 0 aromatic carbocycles. The third-order valence-corrected chi connectivity index (χ3v) is 3.69. The fourth-order valence-electron chi connectivity index (χ4n) is 2.41. The number of rotatable bonds is 3. The maximum Gasteiger partial charge on any atom is 0.291 e. The van der Waals surface area contributed by atoms with E-state index < -0.39 is 0 Å². The van der Waals surface area contributed by atoms with Crippen molar-refractivity contribution in [3.63, 3.8) is 0 Å². The molecule has 20 heavy (non-hydrogen) atoms. The zero-order valence-corrected chi connectivity index (χ0v) is 12.9. The lowest BCUT2D eigenvalue weighted by molar-refractivity contribution is 0.0895. The number of nitrogens with zero attached hydrogens (tertiary/aromatic N) is 3. The number of likely N-dealkylation sites (tertiary alicyclic amines) is 1. The number of likely N-dealkylation sites (N-methyl/N-ethyl adjacent to an activating group) is 1. The second-order valence-corrected chi connectivity index (χ2v) is 6.46. The van der Waals surface area contributed by atoms with Crippen LogP contribution in [0.3, 0.4) is 0 Å². The number of carbonyl (C=O) groups is 1. The van der Waals surface area contributed by atoms with Gasteiger partial charge in [-0.1, -0.05) is 27.7 Å². The molecule has 2 heterocycles. The molecule has 2 N–H and O–H groups in total. The fourth-order valence-corrected chi connectivity index (χ4v) is 2.41. The Morgan fingerprint density at radius 1 is 1.50 bits per heavy atom. The van der Waals surface area contributed by atoms with Crippen molar-refractivity contribution in [2.45, 2.75) is 52.0 Å². The lowest BCUT2D eigenvalue weighted by Crippen LogP contribution is -2.47. The SMILES string of the molecule is CCN1CCCC(NC(=O)c2n[nH]c(C(C)(C)C)n2)C1. The van der Waals surface area contributed by atoms with Crippen LogP contribution in [-0.2, 0) is 5.41 Å². The van der Waals surface area contributed by atoms with Crippen LogP contribution in [-0.4, -0.2) is 51.7 Å². The fraction of sp³-hybridized carbons (Fsp3) is 0.786. The number of nitrogens with one attached hydrogen (secondary N) is 2. The largest absolute Gasteiger partial charge is 0.345 e. The lowest BCUT2D eigenvalue weighted by Gasteiger charge is -2.31. The molecule has 1 fully saturated rings. The van der Waals surface area contributed by atoms with Gasteiger partial charge < -0.3 is 10.2 Å². The molecule has 1 aliphatic heterocycles. The van der Waals surface area contributed by atoms with Crippen LogP contribution >= 0.6 is 0 Å². The van der Waals surface area contributed by atoms with Gasteiger partial charge in [0.1, 0.15) is 5.82 Å². The summed E-state index contributed by atoms with van der Waals surface area (Å²) in [5.41, 5.74) is -0.130. The summed E-state index contributed by atoms with van der Waals surface area (Å²) in [6.45, 7) is 11.3. The molecule has 0 radical (unpaired) electrons. The molecule has 2 rings (SSSR count). The van der Waals surface area contributed by atoms with E-state index in [-0.39, 0.29) is 23.2 Å². The number of aromatic amines is 1. The van der Waals surface area contributed by atoms with Crippen molar-refractivity contribution in [2.75, 3.05) is 19.6 Å². The summed E-state index contributed by atoms with van der Waals surface area (Å²) >= 11 is 0. The topological polar surface area (TPSA) is 73.9 Å². The first kappa shape index (κ1) is 15.0. The zero-order valence-electron chi connectivity index (χ0n) is 12.9. The number of carbonyl (C=O) groups excluding carboxylic acids is 1. The molecule has 1 atom stereocenters. The minimum Gasteiger partial charge on any atom is -0.345 e. The van der Waals surface area contributed by atoms with E-state index in [1.807, 2.05) is 20.8 Å². The van der Waals surface area contributed by atoms with Crippen molar-refractivity contribution in [2.24, 2.45) is 0 Å². The third kappa shape index (κ3) is 3.56. The first-order chi connectivity index (χ1) is 9.40. The van der Waals surface area contributed by atoms with Crippen molar-refractivity contribution < 1.29 is 4.79 Å². The van der Waals surface area contributed by atoms with E-state index in [2.05, 4.69) is 32.3 Å². The quantitative estimate of drug-likeness (QED) is 0.875. The van der Waals surface area contributed by atoms with Crippen molar-refractivity contribution in [3.8, 4) is 0 Å². The van der Waals surface area contributed by atoms with Crippen LogP contribution in [0.1, 0.15) is 57.0 Å². The first-order valence-electron chi connectivity index (χ1n) is 7.36. The predicted molar refractivity (Wildman–Crippen MR) is 77.7 cm³/mol. The highest BCUT2D eigenvalue weighted by Crippen LogP contribution is 2.17. The van der Waals surface area contributed by atoms with Gasteiger partial charge in [0.15, 0.2) is 0 Å². The molecule has 1 aromatic rings. The second-order valence-electron chi connectivity index (χ2n) is 6.46. The molecule has 1 amide bonds. The lowest BCUT2D eigenvalue weighted by atomic mass is 9.96. The zero-order chi connectivity index (χ0) is 14.8. The Hall–Kier alpha value is -1.43. The van der Waals surface area contributed by atoms with Gasteiger partial charge in [-0.15, -0.1) is 5.10 Å². The van der Waals surface area contributed by atoms with Gasteiger partial charge in [-0.05, 0) is 25.9 Å². The Morgan fingerprint density at radius 2 is 2.25 bits per heavy atom. The van der Waals surface area contributed by atoms with Crippen LogP contribution in [0.5, 0.6) is 0 Å². The van der Waals surface area contributed by atoms with E-state index in [9.17, 15) is 4.79 Å². The standard InChI is InChI=1S/C14H25N5O/c1-5-19-8-6-7-10(9-19)15-12(20)11-16-13(18-17-11)14(2,3)4/h10H,5-9H2,1-4H3,(H,15,20)(H,16,17,18). The molecule has 0 aliphatic carbocycles. The molecule has 1 aromatic heterocycles. The van der Waals surface area contributed by atoms with E-state index in [4.69, 9.17) is 0 Å². The highest BCUT2D eigenvalue weighted by atomic mass is 16.2. The van der Waals surface area contributed by atoms with Crippen molar-refractivity contribution in [1.82, 2.24) is 25.4 Å². The van der Waals surface area contributed by atoms with Crippen LogP contribution in [0.15, 0.2) is 0 Å². The average molecular weight is 279 g/mol. The molecular formula is C14H25N5O. The summed E-state index contributed by atoms with van der Waals surface area (Å²) in [6.07, 6.45) is 2.15. The maximum absolute atomic E-state index is 12.2. The third-order valence-electron chi connectivity index (χ3n) is 3.69. The van der Waals surface area contributed by atoms with Gasteiger partial charge in [-0.2, -0.15) is 0 Å². The number of hydrogen-bond acceptors (Lipinski definition) is 4. The summed E-state index contributed by atoms with van der Waals surface area (Å²) in [5.74, 6) is 0.796. The first-order valence-corrected chi connectivity index (χ1v) is 7.36. The van der Waals surface area contributed by atoms with Crippen molar-refractivity contribution in [1.29, 1.82) is 0 Å². The summed E-state index contributed by atoms with van der Waals surface area (Å²) < 4.78 is 0. The van der Waals surface area contributed by atoms with E-state index >= 15 is 0 Å². The molecule has 0 spiro atoms. The summed E-state index contributed by atoms with van der Waals surface area (Å²) in [6, 6.07) is 0.202. The van der Waals surface area contributed by atoms with E-state index in [0.29, 0.717) is 0 Å². The van der Waals surface area contributed by atoms with Gasteiger partial charge in [0.25, 0.3) is 5.91 Å². The number of amides is 1. The average Bonchev–Trinajstić information content (AvgIpc) is 2.88. The summed E-state index contributed by atoms with van der Waals surface area (Å²) in [4.78, 5) is 18.8. The van der Waals surface area contributed by atoms with Crippen LogP contribution in [0.2, 0.25) is 0 Å². The second kappa shape index (κ2) is 5.91. The minimum atomic E-state index is -0.181. The van der Waals surface area contributed by atoms with Crippen molar-refractivity contribution in [3.05, 3.63) is 11.6 Å². The van der Waals surface area contributed by atoms with E-state index in [0.717, 1.165) is 38.3 Å². The molecule has 1 aliphatic rings. The highest BCUT2D eigenvalue weighted by molar-refractivity contribution is 5.90. The van der Waals surface area contributed by atoms with Gasteiger partial charge in [0, 0.05) is 18.0 Å². The molecule has 1 saturated heterocycles. The minimum absolute atomic E-state index is 0.130. The van der Waals surface area contributed by atoms with Gasteiger partial charge in [-0.25, -0.2) is 4.98 Å². The van der Waals surface area contributed by atoms with Gasteiger partial charge >= 0.3 is 0 Å². The van der Waals surface area contributed by atoms with E-state index in [1.165, 1.54) is 0 Å². The number of H-pyrrole nitrogens is 1. The molecule has 6 heteroatoms. The highest BCUT2D eigenvalue weighted by Gasteiger charge is 2.24. The number of aromatic nitrogens is 3. The molecule has 112 valence electrons. The van der Waals surface area contributed by atoms with Crippen LogP contribution in [0, 0.1) is 0 Å². The Bertz CT molecular complexity index is 462. The van der Waals surface area contributed by atoms with Gasteiger partial charge in [-0.3, -0.25) is 9.89 Å². The van der Waals surface area contributed by atoms with Crippen LogP contribution in [0.4, 0.5) is 0 Å². The monoisotopic (exact) mass is 279 g/mol. The molecular weight excluding hydrogens is 254 g/mol. The molecule has 6 nitrogen and oxygen atoms in total. The van der Waals surface area contributed by atoms with Gasteiger partial charge in [0.2, 0.25) is 5.82 Å². The van der Waals surface area contributed by atoms with Crippen LogP contribution < -0.4 is 5.32 Å². The Morgan fingerprint density at radius 3 is 2.85 bits per heavy atom. The predicted octanol–water partition coefficient (Wildman–Crippen LogP) is 1.32. The summed E-state index contributed by atoms with van der Waals surface area (Å²) in [7, 11) is 0. The number of hydrogen-bond donors (Lipinski definition) is 2. The maximum atomic E-state index is 12.2. The summed E-state index contributed by atoms with van der Waals surface area (Å²) in [5, 5.41) is 9.92. The van der Waals surface area contributed by atoms with Gasteiger partial charge in [0.05, 0.1) is 0 Å². The Labute approximate surface area is 120 Å². The normalized spacial score (nSPS) is 20.9. The molecule has 0 saturated carbocycles. The van der Waals surface area contributed by atoms with Crippen LogP contribution in [0.25, 0.3) is 0 Å². The Balaban J connectivity index is 1.96.